The van der Waals surface area contributed by atoms with E-state index in [9.17, 15) is 4.79 Å². The van der Waals surface area contributed by atoms with Gasteiger partial charge in [0.25, 0.3) is 5.91 Å². The third kappa shape index (κ3) is 4.33. The van der Waals surface area contributed by atoms with Gasteiger partial charge in [-0.15, -0.1) is 11.8 Å². The highest BCUT2D eigenvalue weighted by atomic mass is 16.5. The Balaban J connectivity index is 2.49. The van der Waals surface area contributed by atoms with E-state index in [-0.39, 0.29) is 5.91 Å². The lowest BCUT2D eigenvalue weighted by Crippen LogP contribution is -2.27. The predicted molar refractivity (Wildman–Crippen MR) is 66.7 cm³/mol. The van der Waals surface area contributed by atoms with E-state index in [0.717, 1.165) is 0 Å². The zero-order valence-corrected chi connectivity index (χ0v) is 10.3. The van der Waals surface area contributed by atoms with Gasteiger partial charge in [0.2, 0.25) is 0 Å². The van der Waals surface area contributed by atoms with Crippen LogP contribution < -0.4 is 5.32 Å². The average Bonchev–Trinajstić information content (AvgIpc) is 2.80. The molecule has 92 valence electrons. The molecule has 0 aliphatic heterocycles. The Kier molecular flexibility index (Phi) is 5.91. The number of aromatic nitrogens is 1. The standard InChI is InChI=1S/C13H18N2O2/c1-3-4-5-8-14-13(16)12-7-6-9-15(12)10-11-17-2/h6-7,9H,5,8,10-11H2,1-2H3,(H,14,16). The summed E-state index contributed by atoms with van der Waals surface area (Å²) in [7, 11) is 1.65. The van der Waals surface area contributed by atoms with Gasteiger partial charge in [-0.2, -0.15) is 0 Å². The van der Waals surface area contributed by atoms with Crippen molar-refractivity contribution in [3.63, 3.8) is 0 Å². The number of amides is 1. The zero-order valence-electron chi connectivity index (χ0n) is 10.3. The van der Waals surface area contributed by atoms with Gasteiger partial charge in [-0.05, 0) is 19.1 Å². The van der Waals surface area contributed by atoms with Crippen LogP contribution in [0, 0.1) is 11.8 Å². The summed E-state index contributed by atoms with van der Waals surface area (Å²) in [5, 5.41) is 2.83. The molecular formula is C13H18N2O2. The van der Waals surface area contributed by atoms with E-state index < -0.39 is 0 Å². The molecule has 0 unspecified atom stereocenters. The number of hydrogen-bond acceptors (Lipinski definition) is 2. The van der Waals surface area contributed by atoms with Crippen molar-refractivity contribution < 1.29 is 9.53 Å². The Morgan fingerprint density at radius 1 is 1.59 bits per heavy atom. The van der Waals surface area contributed by atoms with Crippen molar-refractivity contribution in [2.24, 2.45) is 0 Å². The molecule has 0 bridgehead atoms. The maximum absolute atomic E-state index is 11.8. The molecule has 0 aliphatic carbocycles. The fraction of sp³-hybridized carbons (Fsp3) is 0.462. The predicted octanol–water partition coefficient (Wildman–Crippen LogP) is 1.28. The molecule has 17 heavy (non-hydrogen) atoms. The Bertz CT molecular complexity index is 413. The molecule has 4 nitrogen and oxygen atoms in total. The first-order chi connectivity index (χ1) is 8.29. The van der Waals surface area contributed by atoms with E-state index >= 15 is 0 Å². The van der Waals surface area contributed by atoms with Crippen LogP contribution in [0.15, 0.2) is 18.3 Å². The Morgan fingerprint density at radius 2 is 2.41 bits per heavy atom. The van der Waals surface area contributed by atoms with Crippen molar-refractivity contribution in [2.75, 3.05) is 20.3 Å². The summed E-state index contributed by atoms with van der Waals surface area (Å²) in [6.07, 6.45) is 2.56. The molecule has 1 aromatic heterocycles. The van der Waals surface area contributed by atoms with Gasteiger partial charge >= 0.3 is 0 Å². The number of rotatable bonds is 6. The van der Waals surface area contributed by atoms with Crippen LogP contribution >= 0.6 is 0 Å². The van der Waals surface area contributed by atoms with Crippen LogP contribution in [0.4, 0.5) is 0 Å². The number of nitrogens with one attached hydrogen (secondary N) is 1. The minimum atomic E-state index is -0.0657. The third-order valence-electron chi connectivity index (χ3n) is 2.31. The molecule has 1 heterocycles. The van der Waals surface area contributed by atoms with Gasteiger partial charge in [-0.1, -0.05) is 0 Å². The molecule has 1 N–H and O–H groups in total. The number of nitrogens with zero attached hydrogens (tertiary/aromatic N) is 1. The van der Waals surface area contributed by atoms with Crippen molar-refractivity contribution in [1.29, 1.82) is 0 Å². The highest BCUT2D eigenvalue weighted by Gasteiger charge is 2.09. The number of carbonyl (C=O) groups excluding carboxylic acids is 1. The monoisotopic (exact) mass is 234 g/mol. The minimum Gasteiger partial charge on any atom is -0.383 e. The SMILES string of the molecule is CC#CCCNC(=O)c1cccn1CCOC. The Labute approximate surface area is 102 Å². The van der Waals surface area contributed by atoms with Gasteiger partial charge in [-0.3, -0.25) is 4.79 Å². The van der Waals surface area contributed by atoms with Crippen molar-refractivity contribution in [2.45, 2.75) is 19.9 Å². The van der Waals surface area contributed by atoms with E-state index in [1.807, 2.05) is 16.8 Å². The van der Waals surface area contributed by atoms with Gasteiger partial charge in [0.1, 0.15) is 5.69 Å². The third-order valence-corrected chi connectivity index (χ3v) is 2.31. The van der Waals surface area contributed by atoms with Crippen LogP contribution in [0.3, 0.4) is 0 Å². The first kappa shape index (κ1) is 13.3. The van der Waals surface area contributed by atoms with Gasteiger partial charge in [0.05, 0.1) is 6.61 Å². The van der Waals surface area contributed by atoms with Crippen LogP contribution in [0.2, 0.25) is 0 Å². The molecule has 0 spiro atoms. The number of carbonyl (C=O) groups is 1. The summed E-state index contributed by atoms with van der Waals surface area (Å²) >= 11 is 0. The van der Waals surface area contributed by atoms with Crippen LogP contribution in [0.25, 0.3) is 0 Å². The van der Waals surface area contributed by atoms with E-state index in [2.05, 4.69) is 17.2 Å². The van der Waals surface area contributed by atoms with E-state index in [0.29, 0.717) is 31.8 Å². The fourth-order valence-corrected chi connectivity index (χ4v) is 1.46. The highest BCUT2D eigenvalue weighted by Crippen LogP contribution is 2.02. The van der Waals surface area contributed by atoms with Crippen LogP contribution in [0.5, 0.6) is 0 Å². The molecule has 0 saturated carbocycles. The molecule has 0 aliphatic rings. The lowest BCUT2D eigenvalue weighted by Gasteiger charge is -2.08. The van der Waals surface area contributed by atoms with Gasteiger partial charge in [0, 0.05) is 32.8 Å². The molecule has 1 aromatic rings. The second-order valence-corrected chi connectivity index (χ2v) is 3.51. The molecule has 0 radical (unpaired) electrons. The van der Waals surface area contributed by atoms with Gasteiger partial charge < -0.3 is 14.6 Å². The second kappa shape index (κ2) is 7.53. The molecule has 0 fully saturated rings. The summed E-state index contributed by atoms with van der Waals surface area (Å²) in [4.78, 5) is 11.8. The topological polar surface area (TPSA) is 43.3 Å². The summed E-state index contributed by atoms with van der Waals surface area (Å²) in [5.74, 6) is 5.63. The first-order valence-electron chi connectivity index (χ1n) is 5.61. The number of methoxy groups -OCH3 is 1. The van der Waals surface area contributed by atoms with Crippen molar-refractivity contribution in [3.8, 4) is 11.8 Å². The quantitative estimate of drug-likeness (QED) is 0.595. The van der Waals surface area contributed by atoms with Crippen molar-refractivity contribution in [3.05, 3.63) is 24.0 Å². The summed E-state index contributed by atoms with van der Waals surface area (Å²) in [6, 6.07) is 3.66. The molecule has 0 atom stereocenters. The maximum Gasteiger partial charge on any atom is 0.267 e. The number of ether oxygens (including phenoxy) is 1. The summed E-state index contributed by atoms with van der Waals surface area (Å²) in [5.41, 5.74) is 0.659. The molecule has 1 amide bonds. The van der Waals surface area contributed by atoms with Crippen molar-refractivity contribution >= 4 is 5.91 Å². The van der Waals surface area contributed by atoms with E-state index in [1.54, 1.807) is 20.1 Å². The fourth-order valence-electron chi connectivity index (χ4n) is 1.46. The minimum absolute atomic E-state index is 0.0657. The highest BCUT2D eigenvalue weighted by molar-refractivity contribution is 5.92. The van der Waals surface area contributed by atoms with Crippen LogP contribution in [-0.4, -0.2) is 30.7 Å². The summed E-state index contributed by atoms with van der Waals surface area (Å²) in [6.45, 7) is 3.64. The summed E-state index contributed by atoms with van der Waals surface area (Å²) < 4.78 is 6.87. The largest absolute Gasteiger partial charge is 0.383 e. The molecular weight excluding hydrogens is 216 g/mol. The first-order valence-corrected chi connectivity index (χ1v) is 5.61. The maximum atomic E-state index is 11.8. The Morgan fingerprint density at radius 3 is 3.12 bits per heavy atom. The molecule has 4 heteroatoms. The smallest absolute Gasteiger partial charge is 0.267 e. The molecule has 1 rings (SSSR count). The van der Waals surface area contributed by atoms with Gasteiger partial charge in [-0.25, -0.2) is 0 Å². The Hall–Kier alpha value is -1.73. The van der Waals surface area contributed by atoms with Crippen molar-refractivity contribution in [1.82, 2.24) is 9.88 Å². The average molecular weight is 234 g/mol. The normalized spacial score (nSPS) is 9.53. The lowest BCUT2D eigenvalue weighted by atomic mass is 10.3. The van der Waals surface area contributed by atoms with Crippen LogP contribution in [-0.2, 0) is 11.3 Å². The van der Waals surface area contributed by atoms with E-state index in [4.69, 9.17) is 4.74 Å². The second-order valence-electron chi connectivity index (χ2n) is 3.51. The lowest BCUT2D eigenvalue weighted by molar-refractivity contribution is 0.0942. The number of hydrogen-bond donors (Lipinski definition) is 1. The van der Waals surface area contributed by atoms with E-state index in [1.165, 1.54) is 0 Å². The van der Waals surface area contributed by atoms with Gasteiger partial charge in [0.15, 0.2) is 0 Å². The molecule has 0 saturated heterocycles. The zero-order chi connectivity index (χ0) is 12.5. The molecule has 0 aromatic carbocycles. The van der Waals surface area contributed by atoms with Crippen LogP contribution in [0.1, 0.15) is 23.8 Å².